The van der Waals surface area contributed by atoms with Gasteiger partial charge in [0.1, 0.15) is 5.82 Å². The zero-order valence-electron chi connectivity index (χ0n) is 10.9. The minimum Gasteiger partial charge on any atom is -0.331 e. The fraction of sp³-hybridized carbons (Fsp3) is 0.0667. The van der Waals surface area contributed by atoms with Crippen molar-refractivity contribution in [1.82, 2.24) is 9.55 Å². The van der Waals surface area contributed by atoms with Gasteiger partial charge in [0.15, 0.2) is 10.6 Å². The average molecular weight is 367 g/mol. The highest BCUT2D eigenvalue weighted by Crippen LogP contribution is 2.14. The molecule has 3 rings (SSSR count). The Morgan fingerprint density at radius 3 is 2.52 bits per heavy atom. The smallest absolute Gasteiger partial charge is 0.182 e. The predicted octanol–water partition coefficient (Wildman–Crippen LogP) is 4.30. The number of para-hydroxylation sites is 2. The summed E-state index contributed by atoms with van der Waals surface area (Å²) in [7, 11) is 0. The molecule has 0 bridgehead atoms. The third kappa shape index (κ3) is 3.11. The van der Waals surface area contributed by atoms with Crippen LogP contribution in [0.2, 0.25) is 0 Å². The molecule has 0 aliphatic rings. The molecule has 0 unspecified atom stereocenters. The van der Waals surface area contributed by atoms with Gasteiger partial charge in [0, 0.05) is 5.56 Å². The molecule has 0 saturated heterocycles. The van der Waals surface area contributed by atoms with Gasteiger partial charge in [-0.2, -0.15) is 0 Å². The van der Waals surface area contributed by atoms with Crippen LogP contribution in [0, 0.1) is 10.6 Å². The number of carbonyl (C=O) groups excluding carboxylic acids is 1. The quantitative estimate of drug-likeness (QED) is 0.554. The molecule has 1 N–H and O–H groups in total. The summed E-state index contributed by atoms with van der Waals surface area (Å²) >= 11 is 5.24. The van der Waals surface area contributed by atoms with Gasteiger partial charge in [-0.25, -0.2) is 4.39 Å². The molecule has 0 radical (unpaired) electrons. The van der Waals surface area contributed by atoms with E-state index in [2.05, 4.69) is 4.98 Å². The number of nitrogens with zero attached hydrogens (tertiary/aromatic N) is 1. The van der Waals surface area contributed by atoms with E-state index in [0.717, 1.165) is 11.0 Å². The second kappa shape index (κ2) is 6.32. The summed E-state index contributed by atoms with van der Waals surface area (Å²) in [5.41, 5.74) is 2.25. The number of hydrogen-bond donors (Lipinski definition) is 1. The molecule has 0 aliphatic heterocycles. The van der Waals surface area contributed by atoms with E-state index in [1.165, 1.54) is 24.3 Å². The molecule has 108 valence electrons. The number of halogens is 2. The molecule has 2 aromatic carbocycles. The van der Waals surface area contributed by atoms with Gasteiger partial charge in [0.05, 0.1) is 17.6 Å². The van der Waals surface area contributed by atoms with Crippen molar-refractivity contribution < 1.29 is 9.18 Å². The lowest BCUT2D eigenvalue weighted by atomic mass is 10.1. The average Bonchev–Trinajstić information content (AvgIpc) is 2.76. The Morgan fingerprint density at radius 1 is 1.14 bits per heavy atom. The van der Waals surface area contributed by atoms with Crippen molar-refractivity contribution in [2.24, 2.45) is 0 Å². The predicted molar refractivity (Wildman–Crippen MR) is 88.2 cm³/mol. The molecular formula is C15H12BrFN2OS. The number of Topliss-reactive ketones (excluding diaryl/α,β-unsaturated/α-hetero) is 1. The second-order valence-electron chi connectivity index (χ2n) is 4.46. The number of hydrogen-bond acceptors (Lipinski definition) is 2. The van der Waals surface area contributed by atoms with Crippen LogP contribution in [0.5, 0.6) is 0 Å². The van der Waals surface area contributed by atoms with Crippen LogP contribution in [-0.2, 0) is 6.54 Å². The van der Waals surface area contributed by atoms with Crippen molar-refractivity contribution in [2.75, 3.05) is 0 Å². The lowest BCUT2D eigenvalue weighted by Crippen LogP contribution is -2.10. The first-order chi connectivity index (χ1) is 9.65. The van der Waals surface area contributed by atoms with Crippen LogP contribution >= 0.6 is 29.2 Å². The van der Waals surface area contributed by atoms with Crippen molar-refractivity contribution in [2.45, 2.75) is 6.54 Å². The van der Waals surface area contributed by atoms with Crippen LogP contribution < -0.4 is 0 Å². The normalized spacial score (nSPS) is 10.3. The first-order valence-corrected chi connectivity index (χ1v) is 6.52. The Bertz CT molecular complexity index is 839. The molecule has 3 nitrogen and oxygen atoms in total. The standard InChI is InChI=1S/C15H11FN2OS.BrH/c16-11-7-5-10(6-8-11)14(19)9-18-13-4-2-1-3-12(13)17-15(18)20;/h1-8H,9H2,(H,17,20);1H. The van der Waals surface area contributed by atoms with Crippen LogP contribution in [-0.4, -0.2) is 15.3 Å². The lowest BCUT2D eigenvalue weighted by molar-refractivity contribution is 0.0973. The van der Waals surface area contributed by atoms with Gasteiger partial charge in [0.2, 0.25) is 0 Å². The summed E-state index contributed by atoms with van der Waals surface area (Å²) < 4.78 is 15.1. The molecular weight excluding hydrogens is 355 g/mol. The fourth-order valence-corrected chi connectivity index (χ4v) is 2.41. The number of nitrogens with one attached hydrogen (secondary N) is 1. The first kappa shape index (κ1) is 15.6. The molecule has 1 heterocycles. The third-order valence-corrected chi connectivity index (χ3v) is 3.47. The number of imidazole rings is 1. The summed E-state index contributed by atoms with van der Waals surface area (Å²) in [6.45, 7) is 0.133. The van der Waals surface area contributed by atoms with Crippen LogP contribution in [0.15, 0.2) is 48.5 Å². The number of ketones is 1. The molecule has 0 fully saturated rings. The molecule has 0 aliphatic carbocycles. The van der Waals surface area contributed by atoms with Crippen molar-refractivity contribution in [3.63, 3.8) is 0 Å². The maximum absolute atomic E-state index is 12.9. The van der Waals surface area contributed by atoms with Gasteiger partial charge in [0.25, 0.3) is 0 Å². The first-order valence-electron chi connectivity index (χ1n) is 6.11. The summed E-state index contributed by atoms with van der Waals surface area (Å²) in [5.74, 6) is -0.462. The number of rotatable bonds is 3. The zero-order valence-corrected chi connectivity index (χ0v) is 13.4. The molecule has 3 aromatic rings. The van der Waals surface area contributed by atoms with E-state index < -0.39 is 0 Å². The van der Waals surface area contributed by atoms with E-state index in [1.807, 2.05) is 24.3 Å². The Balaban J connectivity index is 0.00000161. The van der Waals surface area contributed by atoms with Crippen molar-refractivity contribution in [3.05, 3.63) is 64.7 Å². The van der Waals surface area contributed by atoms with E-state index in [4.69, 9.17) is 12.2 Å². The number of aromatic nitrogens is 2. The molecule has 6 heteroatoms. The van der Waals surface area contributed by atoms with Gasteiger partial charge >= 0.3 is 0 Å². The van der Waals surface area contributed by atoms with Crippen LogP contribution in [0.1, 0.15) is 10.4 Å². The molecule has 0 spiro atoms. The summed E-state index contributed by atoms with van der Waals surface area (Å²) in [5, 5.41) is 0. The second-order valence-corrected chi connectivity index (χ2v) is 4.85. The van der Waals surface area contributed by atoms with Gasteiger partial charge in [-0.15, -0.1) is 17.0 Å². The van der Waals surface area contributed by atoms with Crippen LogP contribution in [0.4, 0.5) is 4.39 Å². The maximum atomic E-state index is 12.9. The van der Waals surface area contributed by atoms with Gasteiger partial charge in [-0.05, 0) is 48.6 Å². The summed E-state index contributed by atoms with van der Waals surface area (Å²) in [6, 6.07) is 13.1. The van der Waals surface area contributed by atoms with Crippen molar-refractivity contribution in [1.29, 1.82) is 0 Å². The monoisotopic (exact) mass is 366 g/mol. The largest absolute Gasteiger partial charge is 0.331 e. The fourth-order valence-electron chi connectivity index (χ4n) is 2.13. The molecule has 21 heavy (non-hydrogen) atoms. The topological polar surface area (TPSA) is 37.8 Å². The van der Waals surface area contributed by atoms with Crippen molar-refractivity contribution in [3.8, 4) is 0 Å². The van der Waals surface area contributed by atoms with Crippen LogP contribution in [0.25, 0.3) is 11.0 Å². The Kier molecular flexibility index (Phi) is 4.69. The van der Waals surface area contributed by atoms with Gasteiger partial charge in [-0.1, -0.05) is 12.1 Å². The van der Waals surface area contributed by atoms with E-state index in [1.54, 1.807) is 4.57 Å². The Morgan fingerprint density at radius 2 is 1.81 bits per heavy atom. The minimum atomic E-state index is -0.356. The summed E-state index contributed by atoms with van der Waals surface area (Å²) in [6.07, 6.45) is 0. The molecule has 0 atom stereocenters. The number of aromatic amines is 1. The van der Waals surface area contributed by atoms with Crippen LogP contribution in [0.3, 0.4) is 0 Å². The highest BCUT2D eigenvalue weighted by atomic mass is 79.9. The third-order valence-electron chi connectivity index (χ3n) is 3.15. The van der Waals surface area contributed by atoms with Gasteiger partial charge < -0.3 is 9.55 Å². The summed E-state index contributed by atoms with van der Waals surface area (Å²) in [4.78, 5) is 15.3. The highest BCUT2D eigenvalue weighted by Gasteiger charge is 2.10. The molecule has 1 aromatic heterocycles. The molecule has 0 saturated carbocycles. The van der Waals surface area contributed by atoms with E-state index in [9.17, 15) is 9.18 Å². The van der Waals surface area contributed by atoms with E-state index in [-0.39, 0.29) is 35.1 Å². The maximum Gasteiger partial charge on any atom is 0.182 e. The Hall–Kier alpha value is -1.79. The minimum absolute atomic E-state index is 0. The molecule has 0 amide bonds. The number of fused-ring (bicyclic) bond motifs is 1. The number of carbonyl (C=O) groups is 1. The SMILES string of the molecule is Br.O=C(Cn1c(=S)[nH]c2ccccc21)c1ccc(F)cc1. The number of H-pyrrole nitrogens is 1. The van der Waals surface area contributed by atoms with Crippen molar-refractivity contribution >= 4 is 46.0 Å². The highest BCUT2D eigenvalue weighted by molar-refractivity contribution is 8.93. The zero-order chi connectivity index (χ0) is 14.1. The lowest BCUT2D eigenvalue weighted by Gasteiger charge is -2.04. The Labute approximate surface area is 136 Å². The van der Waals surface area contributed by atoms with Gasteiger partial charge in [-0.3, -0.25) is 4.79 Å². The van der Waals surface area contributed by atoms with E-state index >= 15 is 0 Å². The van der Waals surface area contributed by atoms with E-state index in [0.29, 0.717) is 10.3 Å². The number of benzene rings is 2.